The van der Waals surface area contributed by atoms with E-state index >= 15 is 0 Å². The van der Waals surface area contributed by atoms with Crippen LogP contribution in [-0.2, 0) is 12.8 Å². The van der Waals surface area contributed by atoms with Gasteiger partial charge in [-0.05, 0) is 80.8 Å². The molecule has 0 aliphatic carbocycles. The molecular formula is C28H42O6. The zero-order valence-corrected chi connectivity index (χ0v) is 21.0. The fraction of sp³-hybridized carbons (Fsp3) is 0.500. The summed E-state index contributed by atoms with van der Waals surface area (Å²) in [7, 11) is 0. The molecule has 6 nitrogen and oxygen atoms in total. The Bertz CT molecular complexity index is 735. The molecule has 34 heavy (non-hydrogen) atoms. The Labute approximate surface area is 204 Å². The van der Waals surface area contributed by atoms with Gasteiger partial charge in [0.15, 0.2) is 0 Å². The molecule has 2 rings (SSSR count). The first-order chi connectivity index (χ1) is 16.1. The van der Waals surface area contributed by atoms with Gasteiger partial charge >= 0.3 is 11.9 Å². The number of carboxylic acid groups (broad SMARTS) is 2. The second-order valence-electron chi connectivity index (χ2n) is 8.36. The van der Waals surface area contributed by atoms with Crippen molar-refractivity contribution in [3.63, 3.8) is 0 Å². The maximum Gasteiger partial charge on any atom is 0.335 e. The molecule has 0 radical (unpaired) electrons. The minimum atomic E-state index is -0.859. The van der Waals surface area contributed by atoms with E-state index in [4.69, 9.17) is 20.4 Å². The van der Waals surface area contributed by atoms with Crippen LogP contribution in [0.1, 0.15) is 98.1 Å². The van der Waals surface area contributed by atoms with Crippen LogP contribution in [0.4, 0.5) is 0 Å². The highest BCUT2D eigenvalue weighted by atomic mass is 16.4. The highest BCUT2D eigenvalue weighted by molar-refractivity contribution is 5.87. The molecule has 2 atom stereocenters. The molecular weight excluding hydrogens is 432 g/mol. The van der Waals surface area contributed by atoms with Crippen LogP contribution in [0.15, 0.2) is 48.5 Å². The van der Waals surface area contributed by atoms with Crippen molar-refractivity contribution in [2.45, 2.75) is 91.3 Å². The van der Waals surface area contributed by atoms with E-state index in [9.17, 15) is 9.59 Å². The molecule has 2 aromatic rings. The van der Waals surface area contributed by atoms with Crippen molar-refractivity contribution in [3.8, 4) is 0 Å². The number of aliphatic hydroxyl groups excluding tert-OH is 2. The molecule has 190 valence electrons. The number of rotatable bonds is 11. The summed E-state index contributed by atoms with van der Waals surface area (Å²) in [4.78, 5) is 21.1. The van der Waals surface area contributed by atoms with Crippen LogP contribution in [-0.4, -0.2) is 44.6 Å². The smallest absolute Gasteiger partial charge is 0.335 e. The van der Waals surface area contributed by atoms with E-state index < -0.39 is 11.9 Å². The van der Waals surface area contributed by atoms with E-state index in [2.05, 4.69) is 13.8 Å². The van der Waals surface area contributed by atoms with Crippen molar-refractivity contribution < 1.29 is 30.0 Å². The molecule has 0 saturated carbocycles. The lowest BCUT2D eigenvalue weighted by molar-refractivity contribution is 0.0686. The molecule has 0 aromatic heterocycles. The lowest BCUT2D eigenvalue weighted by Gasteiger charge is -2.08. The summed E-state index contributed by atoms with van der Waals surface area (Å²) in [5.41, 5.74) is 3.15. The number of hydrogen-bond acceptors (Lipinski definition) is 4. The molecule has 0 spiro atoms. The molecule has 0 bridgehead atoms. The van der Waals surface area contributed by atoms with Gasteiger partial charge in [-0.1, -0.05) is 57.9 Å². The predicted molar refractivity (Wildman–Crippen MR) is 137 cm³/mol. The normalized spacial score (nSPS) is 11.8. The van der Waals surface area contributed by atoms with Crippen molar-refractivity contribution in [3.05, 3.63) is 70.8 Å². The van der Waals surface area contributed by atoms with Crippen molar-refractivity contribution in [2.24, 2.45) is 0 Å². The van der Waals surface area contributed by atoms with E-state index in [1.807, 2.05) is 31.2 Å². The molecule has 4 N–H and O–H groups in total. The lowest BCUT2D eigenvalue weighted by atomic mass is 10.1. The average molecular weight is 475 g/mol. The van der Waals surface area contributed by atoms with Gasteiger partial charge in [0.25, 0.3) is 0 Å². The molecule has 6 heteroatoms. The van der Waals surface area contributed by atoms with Gasteiger partial charge < -0.3 is 20.4 Å². The summed E-state index contributed by atoms with van der Waals surface area (Å²) in [6.07, 6.45) is 7.26. The lowest BCUT2D eigenvalue weighted by Crippen LogP contribution is -2.13. The third-order valence-electron chi connectivity index (χ3n) is 5.12. The van der Waals surface area contributed by atoms with Crippen LogP contribution in [0, 0.1) is 0 Å². The van der Waals surface area contributed by atoms with Gasteiger partial charge in [-0.25, -0.2) is 9.59 Å². The fourth-order valence-electron chi connectivity index (χ4n) is 2.95. The van der Waals surface area contributed by atoms with Crippen molar-refractivity contribution >= 4 is 11.9 Å². The number of carboxylic acids is 2. The maximum absolute atomic E-state index is 10.5. The minimum Gasteiger partial charge on any atom is -0.478 e. The highest BCUT2D eigenvalue weighted by Gasteiger charge is 2.03. The molecule has 0 aliphatic heterocycles. The number of hydrogen-bond donors (Lipinski definition) is 4. The number of benzene rings is 2. The third kappa shape index (κ3) is 15.2. The average Bonchev–Trinajstić information content (AvgIpc) is 2.82. The van der Waals surface area contributed by atoms with Gasteiger partial charge in [0.2, 0.25) is 0 Å². The zero-order chi connectivity index (χ0) is 25.9. The second kappa shape index (κ2) is 18.7. The quantitative estimate of drug-likeness (QED) is 0.318. The number of aryl methyl sites for hydroxylation is 2. The molecule has 2 aromatic carbocycles. The van der Waals surface area contributed by atoms with E-state index in [0.717, 1.165) is 32.1 Å². The van der Waals surface area contributed by atoms with E-state index in [0.29, 0.717) is 17.5 Å². The van der Waals surface area contributed by atoms with Crippen molar-refractivity contribution in [2.75, 3.05) is 0 Å². The summed E-state index contributed by atoms with van der Waals surface area (Å²) < 4.78 is 0. The number of aromatic carboxylic acids is 2. The predicted octanol–water partition coefficient (Wildman–Crippen LogP) is 5.98. The summed E-state index contributed by atoms with van der Waals surface area (Å²) in [5, 5.41) is 34.9. The van der Waals surface area contributed by atoms with Crippen LogP contribution in [0.2, 0.25) is 0 Å². The van der Waals surface area contributed by atoms with Gasteiger partial charge in [-0.3, -0.25) is 0 Å². The van der Waals surface area contributed by atoms with Crippen LogP contribution in [0.25, 0.3) is 0 Å². The first-order valence-corrected chi connectivity index (χ1v) is 12.1. The molecule has 0 heterocycles. The van der Waals surface area contributed by atoms with Crippen molar-refractivity contribution in [1.29, 1.82) is 0 Å². The zero-order valence-electron chi connectivity index (χ0n) is 21.0. The van der Waals surface area contributed by atoms with Gasteiger partial charge in [0.1, 0.15) is 0 Å². The SMILES string of the molecule is CCC(O)CC(C)O.CCCCc1ccc(C(=O)O)cc1.CCCCc1ccc(C(=O)O)cc1. The van der Waals surface area contributed by atoms with E-state index in [1.54, 1.807) is 31.2 Å². The van der Waals surface area contributed by atoms with Crippen molar-refractivity contribution in [1.82, 2.24) is 0 Å². The standard InChI is InChI=1S/2C11H14O2.C6H14O2/c2*1-2-3-4-9-5-7-10(8-6-9)11(12)13;1-3-6(8)4-5(2)7/h2*5-8H,2-4H2,1H3,(H,12,13);5-8H,3-4H2,1-2H3. The Balaban J connectivity index is 0.000000497. The highest BCUT2D eigenvalue weighted by Crippen LogP contribution is 2.08. The maximum atomic E-state index is 10.5. The monoisotopic (exact) mass is 474 g/mol. The van der Waals surface area contributed by atoms with Gasteiger partial charge in [-0.15, -0.1) is 0 Å². The summed E-state index contributed by atoms with van der Waals surface area (Å²) in [6, 6.07) is 14.2. The number of aliphatic hydroxyl groups is 2. The Hall–Kier alpha value is -2.70. The summed E-state index contributed by atoms with van der Waals surface area (Å²) >= 11 is 0. The minimum absolute atomic E-state index is 0.324. The second-order valence-corrected chi connectivity index (χ2v) is 8.36. The Kier molecular flexibility index (Phi) is 17.2. The van der Waals surface area contributed by atoms with E-state index in [1.165, 1.54) is 24.0 Å². The van der Waals surface area contributed by atoms with Crippen LogP contribution in [0.3, 0.4) is 0 Å². The number of unbranched alkanes of at least 4 members (excludes halogenated alkanes) is 2. The van der Waals surface area contributed by atoms with Gasteiger partial charge in [-0.2, -0.15) is 0 Å². The largest absolute Gasteiger partial charge is 0.478 e. The van der Waals surface area contributed by atoms with Gasteiger partial charge in [0.05, 0.1) is 23.3 Å². The Morgan fingerprint density at radius 1 is 0.706 bits per heavy atom. The molecule has 2 unspecified atom stereocenters. The first kappa shape index (κ1) is 31.3. The molecule has 0 saturated heterocycles. The Morgan fingerprint density at radius 3 is 1.26 bits per heavy atom. The Morgan fingerprint density at radius 2 is 1.06 bits per heavy atom. The van der Waals surface area contributed by atoms with Crippen LogP contribution < -0.4 is 0 Å². The van der Waals surface area contributed by atoms with Crippen LogP contribution >= 0.6 is 0 Å². The molecule has 0 aliphatic rings. The molecule has 0 amide bonds. The van der Waals surface area contributed by atoms with Gasteiger partial charge in [0, 0.05) is 0 Å². The number of carbonyl (C=O) groups is 2. The van der Waals surface area contributed by atoms with E-state index in [-0.39, 0.29) is 12.2 Å². The fourth-order valence-corrected chi connectivity index (χ4v) is 2.95. The van der Waals surface area contributed by atoms with Crippen LogP contribution in [0.5, 0.6) is 0 Å². The first-order valence-electron chi connectivity index (χ1n) is 12.1. The third-order valence-corrected chi connectivity index (χ3v) is 5.12. The summed E-state index contributed by atoms with van der Waals surface area (Å²) in [6.45, 7) is 7.86. The summed E-state index contributed by atoms with van der Waals surface area (Å²) in [5.74, 6) is -1.72. The topological polar surface area (TPSA) is 115 Å². The molecule has 0 fully saturated rings.